The molecule has 4 aromatic rings. The second-order valence-corrected chi connectivity index (χ2v) is 6.36. The molecule has 0 fully saturated rings. The third kappa shape index (κ3) is 2.66. The largest absolute Gasteiger partial charge is 0.496 e. The summed E-state index contributed by atoms with van der Waals surface area (Å²) in [6.07, 6.45) is 0. The zero-order chi connectivity index (χ0) is 18.3. The Morgan fingerprint density at radius 3 is 2.65 bits per heavy atom. The lowest BCUT2D eigenvalue weighted by molar-refractivity contribution is 0.416. The Hall–Kier alpha value is -3.05. The fraction of sp³-hybridized carbons (Fsp3) is 0.100. The number of para-hydroxylation sites is 1. The van der Waals surface area contributed by atoms with E-state index in [0.717, 1.165) is 10.9 Å². The first-order chi connectivity index (χ1) is 12.6. The normalized spacial score (nSPS) is 11.0. The van der Waals surface area contributed by atoms with Gasteiger partial charge in [0.15, 0.2) is 5.76 Å². The van der Waals surface area contributed by atoms with Gasteiger partial charge in [0, 0.05) is 33.1 Å². The molecular formula is C20H15ClN2O3. The Morgan fingerprint density at radius 2 is 1.92 bits per heavy atom. The number of aromatic amines is 1. The van der Waals surface area contributed by atoms with Gasteiger partial charge in [-0.05, 0) is 31.2 Å². The third-order valence-corrected chi connectivity index (χ3v) is 4.46. The summed E-state index contributed by atoms with van der Waals surface area (Å²) in [5.74, 6) is 1.04. The Morgan fingerprint density at radius 1 is 1.12 bits per heavy atom. The quantitative estimate of drug-likeness (QED) is 0.564. The number of pyridine rings is 1. The van der Waals surface area contributed by atoms with Crippen LogP contribution >= 0.6 is 11.6 Å². The van der Waals surface area contributed by atoms with Crippen LogP contribution in [0.25, 0.3) is 33.4 Å². The summed E-state index contributed by atoms with van der Waals surface area (Å²) >= 11 is 6.23. The van der Waals surface area contributed by atoms with E-state index in [2.05, 4.69) is 10.1 Å². The Kier molecular flexibility index (Phi) is 4.01. The molecule has 4 rings (SSSR count). The first kappa shape index (κ1) is 16.4. The molecule has 26 heavy (non-hydrogen) atoms. The monoisotopic (exact) mass is 366 g/mol. The number of aryl methyl sites for hydroxylation is 1. The molecule has 2 aromatic heterocycles. The predicted octanol–water partition coefficient (Wildman–Crippen LogP) is 4.82. The summed E-state index contributed by atoms with van der Waals surface area (Å²) in [4.78, 5) is 15.8. The van der Waals surface area contributed by atoms with Gasteiger partial charge in [0.2, 0.25) is 0 Å². The minimum atomic E-state index is -0.267. The number of methoxy groups -OCH3 is 1. The lowest BCUT2D eigenvalue weighted by Gasteiger charge is -2.14. The predicted molar refractivity (Wildman–Crippen MR) is 102 cm³/mol. The standard InChI is InChI=1S/C20H15ClN2O3/c1-11-9-17(26-23-11)19-18(13-5-3-4-6-16(13)25-2)14-10-12(21)7-8-15(14)22-20(19)24/h3-10H,1-2H3,(H,22,24). The van der Waals surface area contributed by atoms with Crippen LogP contribution in [0, 0.1) is 6.92 Å². The van der Waals surface area contributed by atoms with Gasteiger partial charge in [0.05, 0.1) is 18.4 Å². The topological polar surface area (TPSA) is 68.1 Å². The number of nitrogens with one attached hydrogen (secondary N) is 1. The number of halogens is 1. The molecule has 0 atom stereocenters. The highest BCUT2D eigenvalue weighted by Gasteiger charge is 2.21. The summed E-state index contributed by atoms with van der Waals surface area (Å²) < 4.78 is 10.9. The average molecular weight is 367 g/mol. The van der Waals surface area contributed by atoms with E-state index in [9.17, 15) is 4.79 Å². The van der Waals surface area contributed by atoms with E-state index in [0.29, 0.717) is 38.9 Å². The van der Waals surface area contributed by atoms with Crippen LogP contribution in [0.15, 0.2) is 57.8 Å². The van der Waals surface area contributed by atoms with Gasteiger partial charge in [-0.3, -0.25) is 4.79 Å². The summed E-state index contributed by atoms with van der Waals surface area (Å²) in [6, 6.07) is 14.6. The fourth-order valence-electron chi connectivity index (χ4n) is 3.11. The second kappa shape index (κ2) is 6.35. The van der Waals surface area contributed by atoms with E-state index in [-0.39, 0.29) is 5.56 Å². The summed E-state index contributed by atoms with van der Waals surface area (Å²) in [5, 5.41) is 5.29. The number of nitrogens with zero attached hydrogens (tertiary/aromatic N) is 1. The van der Waals surface area contributed by atoms with E-state index in [4.69, 9.17) is 20.9 Å². The molecule has 0 spiro atoms. The summed E-state index contributed by atoms with van der Waals surface area (Å²) in [6.45, 7) is 1.81. The Labute approximate surface area is 154 Å². The minimum Gasteiger partial charge on any atom is -0.496 e. The van der Waals surface area contributed by atoms with E-state index < -0.39 is 0 Å². The van der Waals surface area contributed by atoms with Crippen molar-refractivity contribution in [1.82, 2.24) is 10.1 Å². The first-order valence-corrected chi connectivity index (χ1v) is 8.39. The van der Waals surface area contributed by atoms with Crippen LogP contribution in [0.4, 0.5) is 0 Å². The Bertz CT molecular complexity index is 1180. The van der Waals surface area contributed by atoms with Crippen molar-refractivity contribution in [3.63, 3.8) is 0 Å². The molecule has 0 unspecified atom stereocenters. The number of aromatic nitrogens is 2. The highest BCUT2D eigenvalue weighted by atomic mass is 35.5. The van der Waals surface area contributed by atoms with Crippen LogP contribution in [-0.2, 0) is 0 Å². The van der Waals surface area contributed by atoms with Gasteiger partial charge in [-0.15, -0.1) is 0 Å². The zero-order valence-corrected chi connectivity index (χ0v) is 14.9. The molecule has 0 radical (unpaired) electrons. The third-order valence-electron chi connectivity index (χ3n) is 4.23. The van der Waals surface area contributed by atoms with Crippen molar-refractivity contribution in [2.24, 2.45) is 0 Å². The SMILES string of the molecule is COc1ccccc1-c1c(-c2cc(C)no2)c(=O)[nH]c2ccc(Cl)cc12. The lowest BCUT2D eigenvalue weighted by atomic mass is 9.94. The fourth-order valence-corrected chi connectivity index (χ4v) is 3.28. The molecule has 130 valence electrons. The number of hydrogen-bond acceptors (Lipinski definition) is 4. The van der Waals surface area contributed by atoms with Crippen LogP contribution in [-0.4, -0.2) is 17.3 Å². The maximum absolute atomic E-state index is 12.9. The molecular weight excluding hydrogens is 352 g/mol. The van der Waals surface area contributed by atoms with Crippen molar-refractivity contribution in [1.29, 1.82) is 0 Å². The zero-order valence-electron chi connectivity index (χ0n) is 14.2. The number of rotatable bonds is 3. The van der Waals surface area contributed by atoms with Crippen molar-refractivity contribution in [3.05, 3.63) is 69.6 Å². The van der Waals surface area contributed by atoms with Crippen molar-refractivity contribution in [2.45, 2.75) is 6.92 Å². The molecule has 0 bridgehead atoms. The first-order valence-electron chi connectivity index (χ1n) is 8.01. The molecule has 0 saturated carbocycles. The summed E-state index contributed by atoms with van der Waals surface area (Å²) in [7, 11) is 1.60. The second-order valence-electron chi connectivity index (χ2n) is 5.93. The lowest BCUT2D eigenvalue weighted by Crippen LogP contribution is -2.11. The molecule has 2 heterocycles. The highest BCUT2D eigenvalue weighted by Crippen LogP contribution is 2.40. The van der Waals surface area contributed by atoms with Gasteiger partial charge >= 0.3 is 0 Å². The number of fused-ring (bicyclic) bond motifs is 1. The van der Waals surface area contributed by atoms with Crippen molar-refractivity contribution >= 4 is 22.5 Å². The Balaban J connectivity index is 2.20. The van der Waals surface area contributed by atoms with Crippen LogP contribution in [0.5, 0.6) is 5.75 Å². The van der Waals surface area contributed by atoms with Crippen molar-refractivity contribution in [2.75, 3.05) is 7.11 Å². The smallest absolute Gasteiger partial charge is 0.260 e. The van der Waals surface area contributed by atoms with Crippen molar-refractivity contribution < 1.29 is 9.26 Å². The maximum Gasteiger partial charge on any atom is 0.260 e. The van der Waals surface area contributed by atoms with Gasteiger partial charge in [-0.2, -0.15) is 0 Å². The molecule has 0 amide bonds. The maximum atomic E-state index is 12.9. The molecule has 1 N–H and O–H groups in total. The molecule has 0 aliphatic rings. The van der Waals surface area contributed by atoms with Crippen LogP contribution in [0.2, 0.25) is 5.02 Å². The van der Waals surface area contributed by atoms with Crippen molar-refractivity contribution in [3.8, 4) is 28.2 Å². The van der Waals surface area contributed by atoms with E-state index in [1.54, 1.807) is 25.3 Å². The van der Waals surface area contributed by atoms with E-state index in [1.807, 2.05) is 37.3 Å². The molecule has 5 nitrogen and oxygen atoms in total. The number of hydrogen-bond donors (Lipinski definition) is 1. The molecule has 2 aromatic carbocycles. The summed E-state index contributed by atoms with van der Waals surface area (Å²) in [5.41, 5.74) is 2.97. The molecule has 0 aliphatic carbocycles. The number of ether oxygens (including phenoxy) is 1. The minimum absolute atomic E-state index is 0.267. The van der Waals surface area contributed by atoms with E-state index >= 15 is 0 Å². The van der Waals surface area contributed by atoms with Crippen LogP contribution < -0.4 is 10.3 Å². The van der Waals surface area contributed by atoms with Gasteiger partial charge in [-0.25, -0.2) is 0 Å². The number of benzene rings is 2. The van der Waals surface area contributed by atoms with Gasteiger partial charge in [-0.1, -0.05) is 35.0 Å². The molecule has 0 saturated heterocycles. The van der Waals surface area contributed by atoms with Gasteiger partial charge < -0.3 is 14.2 Å². The highest BCUT2D eigenvalue weighted by molar-refractivity contribution is 6.31. The van der Waals surface area contributed by atoms with Gasteiger partial charge in [0.1, 0.15) is 5.75 Å². The molecule has 0 aliphatic heterocycles. The van der Waals surface area contributed by atoms with Crippen LogP contribution in [0.1, 0.15) is 5.69 Å². The number of H-pyrrole nitrogens is 1. The average Bonchev–Trinajstić information content (AvgIpc) is 3.07. The van der Waals surface area contributed by atoms with E-state index in [1.165, 1.54) is 0 Å². The van der Waals surface area contributed by atoms with Gasteiger partial charge in [0.25, 0.3) is 5.56 Å². The molecule has 6 heteroatoms. The van der Waals surface area contributed by atoms with Crippen LogP contribution in [0.3, 0.4) is 0 Å².